The lowest BCUT2D eigenvalue weighted by atomic mass is 10.0. The van der Waals surface area contributed by atoms with E-state index in [4.69, 9.17) is 9.68 Å². The summed E-state index contributed by atoms with van der Waals surface area (Å²) in [5.74, 6) is 1.55. The third-order valence-electron chi connectivity index (χ3n) is 3.10. The Balaban J connectivity index is 1.82. The van der Waals surface area contributed by atoms with Crippen molar-refractivity contribution in [2.24, 2.45) is 5.92 Å². The highest BCUT2D eigenvalue weighted by Crippen LogP contribution is 2.15. The molecule has 0 radical (unpaired) electrons. The molecule has 18 heavy (non-hydrogen) atoms. The molecule has 1 atom stereocenters. The van der Waals surface area contributed by atoms with Crippen LogP contribution in [0.4, 0.5) is 4.79 Å². The topological polar surface area (TPSA) is 69.3 Å². The van der Waals surface area contributed by atoms with Crippen LogP contribution in [0, 0.1) is 24.2 Å². The standard InChI is InChI=1S/C13H17N3O2/c1-10-4-5-12(18-10)8-15-13(17)16-6-2-3-11(7-14)9-16/h4-5,11H,2-3,6,8-9H2,1H3,(H,15,17)/t11-/m0/s1. The van der Waals surface area contributed by atoms with Crippen molar-refractivity contribution in [1.82, 2.24) is 10.2 Å². The van der Waals surface area contributed by atoms with Gasteiger partial charge in [0.1, 0.15) is 11.5 Å². The summed E-state index contributed by atoms with van der Waals surface area (Å²) in [7, 11) is 0. The molecule has 0 spiro atoms. The number of nitrogens with zero attached hydrogens (tertiary/aromatic N) is 2. The van der Waals surface area contributed by atoms with Crippen molar-refractivity contribution < 1.29 is 9.21 Å². The molecule has 1 aromatic rings. The summed E-state index contributed by atoms with van der Waals surface area (Å²) in [6.07, 6.45) is 1.78. The lowest BCUT2D eigenvalue weighted by Crippen LogP contribution is -2.45. The van der Waals surface area contributed by atoms with Crippen LogP contribution in [0.3, 0.4) is 0 Å². The van der Waals surface area contributed by atoms with E-state index in [9.17, 15) is 4.79 Å². The number of hydrogen-bond acceptors (Lipinski definition) is 3. The van der Waals surface area contributed by atoms with E-state index >= 15 is 0 Å². The van der Waals surface area contributed by atoms with Crippen LogP contribution in [0.25, 0.3) is 0 Å². The van der Waals surface area contributed by atoms with Gasteiger partial charge in [0.2, 0.25) is 0 Å². The van der Waals surface area contributed by atoms with Gasteiger partial charge in [-0.2, -0.15) is 5.26 Å². The molecule has 0 unspecified atom stereocenters. The summed E-state index contributed by atoms with van der Waals surface area (Å²) in [4.78, 5) is 13.6. The smallest absolute Gasteiger partial charge is 0.317 e. The molecular weight excluding hydrogens is 230 g/mol. The molecule has 0 saturated carbocycles. The number of nitriles is 1. The first-order valence-corrected chi connectivity index (χ1v) is 6.17. The quantitative estimate of drug-likeness (QED) is 0.869. The number of nitrogens with one attached hydrogen (secondary N) is 1. The SMILES string of the molecule is Cc1ccc(CNC(=O)N2CCC[C@@H](C#N)C2)o1. The van der Waals surface area contributed by atoms with Crippen LogP contribution in [0.1, 0.15) is 24.4 Å². The largest absolute Gasteiger partial charge is 0.465 e. The summed E-state index contributed by atoms with van der Waals surface area (Å²) >= 11 is 0. The zero-order valence-corrected chi connectivity index (χ0v) is 10.5. The third kappa shape index (κ3) is 3.04. The molecule has 0 bridgehead atoms. The van der Waals surface area contributed by atoms with E-state index in [1.54, 1.807) is 4.90 Å². The zero-order valence-electron chi connectivity index (χ0n) is 10.5. The molecule has 0 aliphatic carbocycles. The van der Waals surface area contributed by atoms with Gasteiger partial charge in [0, 0.05) is 13.1 Å². The minimum atomic E-state index is -0.121. The fraction of sp³-hybridized carbons (Fsp3) is 0.538. The van der Waals surface area contributed by atoms with Crippen molar-refractivity contribution in [3.05, 3.63) is 23.7 Å². The molecule has 1 aliphatic rings. The third-order valence-corrected chi connectivity index (χ3v) is 3.10. The first-order chi connectivity index (χ1) is 8.69. The molecule has 1 saturated heterocycles. The summed E-state index contributed by atoms with van der Waals surface area (Å²) in [5.41, 5.74) is 0. The van der Waals surface area contributed by atoms with Gasteiger partial charge in [-0.1, -0.05) is 0 Å². The van der Waals surface area contributed by atoms with Crippen LogP contribution in [-0.2, 0) is 6.54 Å². The van der Waals surface area contributed by atoms with Crippen LogP contribution in [0.15, 0.2) is 16.5 Å². The highest BCUT2D eigenvalue weighted by Gasteiger charge is 2.23. The monoisotopic (exact) mass is 247 g/mol. The number of carbonyl (C=O) groups excluding carboxylic acids is 1. The van der Waals surface area contributed by atoms with Gasteiger partial charge in [-0.15, -0.1) is 0 Å². The Bertz CT molecular complexity index is 461. The number of rotatable bonds is 2. The number of likely N-dealkylation sites (tertiary alicyclic amines) is 1. The van der Waals surface area contributed by atoms with Crippen LogP contribution in [0.5, 0.6) is 0 Å². The molecule has 5 nitrogen and oxygen atoms in total. The summed E-state index contributed by atoms with van der Waals surface area (Å²) < 4.78 is 5.38. The molecule has 0 aromatic carbocycles. The molecule has 2 heterocycles. The van der Waals surface area contributed by atoms with Crippen LogP contribution < -0.4 is 5.32 Å². The van der Waals surface area contributed by atoms with E-state index in [0.717, 1.165) is 30.9 Å². The molecular formula is C13H17N3O2. The van der Waals surface area contributed by atoms with E-state index in [2.05, 4.69) is 11.4 Å². The van der Waals surface area contributed by atoms with Gasteiger partial charge in [0.25, 0.3) is 0 Å². The van der Waals surface area contributed by atoms with Crippen molar-refractivity contribution in [2.45, 2.75) is 26.3 Å². The summed E-state index contributed by atoms with van der Waals surface area (Å²) in [5, 5.41) is 11.7. The molecule has 1 N–H and O–H groups in total. The molecule has 96 valence electrons. The van der Waals surface area contributed by atoms with Crippen molar-refractivity contribution in [1.29, 1.82) is 5.26 Å². The van der Waals surface area contributed by atoms with Crippen molar-refractivity contribution >= 4 is 6.03 Å². The molecule has 2 amide bonds. The maximum absolute atomic E-state index is 11.9. The van der Waals surface area contributed by atoms with Gasteiger partial charge in [-0.3, -0.25) is 0 Å². The van der Waals surface area contributed by atoms with Crippen LogP contribution in [0.2, 0.25) is 0 Å². The van der Waals surface area contributed by atoms with Crippen molar-refractivity contribution in [3.8, 4) is 6.07 Å². The van der Waals surface area contributed by atoms with E-state index in [1.807, 2.05) is 19.1 Å². The number of aryl methyl sites for hydroxylation is 1. The molecule has 1 fully saturated rings. The maximum Gasteiger partial charge on any atom is 0.317 e. The first-order valence-electron chi connectivity index (χ1n) is 6.17. The lowest BCUT2D eigenvalue weighted by Gasteiger charge is -2.29. The average molecular weight is 247 g/mol. The van der Waals surface area contributed by atoms with Gasteiger partial charge >= 0.3 is 6.03 Å². The van der Waals surface area contributed by atoms with Crippen LogP contribution >= 0.6 is 0 Å². The summed E-state index contributed by atoms with van der Waals surface area (Å²) in [6.45, 7) is 3.51. The fourth-order valence-corrected chi connectivity index (χ4v) is 2.12. The Morgan fingerprint density at radius 3 is 3.17 bits per heavy atom. The van der Waals surface area contributed by atoms with Crippen molar-refractivity contribution in [2.75, 3.05) is 13.1 Å². The Morgan fingerprint density at radius 2 is 2.50 bits per heavy atom. The van der Waals surface area contributed by atoms with Gasteiger partial charge < -0.3 is 14.6 Å². The van der Waals surface area contributed by atoms with Gasteiger partial charge in [0.05, 0.1) is 18.5 Å². The fourth-order valence-electron chi connectivity index (χ4n) is 2.12. The molecule has 1 aliphatic heterocycles. The van der Waals surface area contributed by atoms with E-state index < -0.39 is 0 Å². The highest BCUT2D eigenvalue weighted by molar-refractivity contribution is 5.74. The van der Waals surface area contributed by atoms with Gasteiger partial charge in [-0.25, -0.2) is 4.79 Å². The number of furan rings is 1. The average Bonchev–Trinajstić information content (AvgIpc) is 2.82. The molecule has 1 aromatic heterocycles. The van der Waals surface area contributed by atoms with Gasteiger partial charge in [-0.05, 0) is 31.9 Å². The Morgan fingerprint density at radius 1 is 1.67 bits per heavy atom. The number of urea groups is 1. The lowest BCUT2D eigenvalue weighted by molar-refractivity contribution is 0.175. The molecule has 2 rings (SSSR count). The number of hydrogen-bond donors (Lipinski definition) is 1. The minimum Gasteiger partial charge on any atom is -0.465 e. The number of carbonyl (C=O) groups is 1. The second-order valence-electron chi connectivity index (χ2n) is 4.59. The van der Waals surface area contributed by atoms with Gasteiger partial charge in [0.15, 0.2) is 0 Å². The Kier molecular flexibility index (Phi) is 3.88. The van der Waals surface area contributed by atoms with Crippen molar-refractivity contribution in [3.63, 3.8) is 0 Å². The second kappa shape index (κ2) is 5.58. The first kappa shape index (κ1) is 12.5. The van der Waals surface area contributed by atoms with E-state index in [-0.39, 0.29) is 11.9 Å². The predicted octanol–water partition coefficient (Wildman–Crippen LogP) is 2.03. The zero-order chi connectivity index (χ0) is 13.0. The maximum atomic E-state index is 11.9. The molecule has 5 heteroatoms. The second-order valence-corrected chi connectivity index (χ2v) is 4.59. The Hall–Kier alpha value is -1.96. The van der Waals surface area contributed by atoms with E-state index in [1.165, 1.54) is 0 Å². The summed E-state index contributed by atoms with van der Waals surface area (Å²) in [6, 6.07) is 5.82. The number of piperidine rings is 1. The number of amides is 2. The van der Waals surface area contributed by atoms with Crippen LogP contribution in [-0.4, -0.2) is 24.0 Å². The highest BCUT2D eigenvalue weighted by atomic mass is 16.3. The van der Waals surface area contributed by atoms with E-state index in [0.29, 0.717) is 13.1 Å². The predicted molar refractivity (Wildman–Crippen MR) is 65.6 cm³/mol. The minimum absolute atomic E-state index is 0.0321. The normalized spacial score (nSPS) is 19.3. The Labute approximate surface area is 106 Å².